The largest absolute Gasteiger partial charge is 0.313 e. The lowest BCUT2D eigenvalue weighted by Crippen LogP contribution is -2.16. The van der Waals surface area contributed by atoms with Crippen molar-refractivity contribution in [1.29, 1.82) is 0 Å². The molecule has 0 amide bonds. The van der Waals surface area contributed by atoms with Gasteiger partial charge in [0.15, 0.2) is 0 Å². The van der Waals surface area contributed by atoms with Gasteiger partial charge in [0.25, 0.3) is 0 Å². The van der Waals surface area contributed by atoms with Gasteiger partial charge in [-0.25, -0.2) is 0 Å². The predicted octanol–water partition coefficient (Wildman–Crippen LogP) is 20.0. The fourth-order valence-electron chi connectivity index (χ4n) is 10.6. The van der Waals surface area contributed by atoms with Crippen LogP contribution in [0.3, 0.4) is 0 Å². The van der Waals surface area contributed by atoms with Gasteiger partial charge in [-0.3, -0.25) is 0 Å². The number of para-hydroxylation sites is 4. The number of nitrogens with zero attached hydrogens (tertiary/aromatic N) is 3. The third-order valence-electron chi connectivity index (χ3n) is 14.0. The minimum atomic E-state index is 0.172. The minimum absolute atomic E-state index is 0.172. The van der Waals surface area contributed by atoms with E-state index in [4.69, 9.17) is 0 Å². The van der Waals surface area contributed by atoms with Crippen molar-refractivity contribution in [3.8, 4) is 16.8 Å². The molecule has 3 heterocycles. The molecule has 3 nitrogen and oxygen atoms in total. The molecule has 0 fully saturated rings. The number of anilines is 2. The molecule has 1 aliphatic heterocycles. The zero-order chi connectivity index (χ0) is 51.1. The Morgan fingerprint density at radius 2 is 0.893 bits per heavy atom. The molecule has 0 N–H and O–H groups in total. The summed E-state index contributed by atoms with van der Waals surface area (Å²) in [6.07, 6.45) is 7.38. The Balaban J connectivity index is 0.000000304. The highest BCUT2D eigenvalue weighted by atomic mass is 32.2. The molecule has 0 saturated carbocycles. The maximum atomic E-state index is 3.36. The maximum absolute atomic E-state index is 3.36. The van der Waals surface area contributed by atoms with Crippen LogP contribution in [0.15, 0.2) is 295 Å². The molecule has 75 heavy (non-hydrogen) atoms. The molecule has 1 unspecified atom stereocenters. The second-order valence-electron chi connectivity index (χ2n) is 19.0. The van der Waals surface area contributed by atoms with Gasteiger partial charge in [0.2, 0.25) is 0 Å². The Labute approximate surface area is 445 Å². The molecule has 0 spiro atoms. The number of rotatable bonds is 6. The molecule has 364 valence electrons. The Bertz CT molecular complexity index is 3850. The smallest absolute Gasteiger partial charge is 0.0541 e. The van der Waals surface area contributed by atoms with Crippen LogP contribution in [0, 0.1) is 13.8 Å². The lowest BCUT2D eigenvalue weighted by Gasteiger charge is -2.27. The fourth-order valence-corrected chi connectivity index (χ4v) is 11.6. The van der Waals surface area contributed by atoms with Gasteiger partial charge >= 0.3 is 0 Å². The second-order valence-corrected chi connectivity index (χ2v) is 20.1. The number of benzene rings is 10. The van der Waals surface area contributed by atoms with Crippen molar-refractivity contribution in [3.05, 3.63) is 302 Å². The first-order valence-corrected chi connectivity index (χ1v) is 26.7. The highest BCUT2D eigenvalue weighted by Crippen LogP contribution is 2.54. The third kappa shape index (κ3) is 9.89. The van der Waals surface area contributed by atoms with Gasteiger partial charge in [-0.2, -0.15) is 0 Å². The van der Waals surface area contributed by atoms with E-state index in [1.165, 1.54) is 110 Å². The van der Waals surface area contributed by atoms with E-state index in [1.807, 2.05) is 55.1 Å². The van der Waals surface area contributed by atoms with Gasteiger partial charge < -0.3 is 14.0 Å². The molecule has 12 aromatic rings. The third-order valence-corrected chi connectivity index (χ3v) is 15.1. The van der Waals surface area contributed by atoms with Crippen molar-refractivity contribution in [2.24, 2.45) is 0 Å². The van der Waals surface area contributed by atoms with Gasteiger partial charge in [0.1, 0.15) is 0 Å². The van der Waals surface area contributed by atoms with E-state index in [0.29, 0.717) is 0 Å². The van der Waals surface area contributed by atoms with Gasteiger partial charge in [0.05, 0.1) is 22.1 Å². The van der Waals surface area contributed by atoms with E-state index in [9.17, 15) is 0 Å². The summed E-state index contributed by atoms with van der Waals surface area (Å²) in [6.45, 7) is 9.42. The average Bonchev–Trinajstić information content (AvgIpc) is 4.10. The van der Waals surface area contributed by atoms with Gasteiger partial charge in [0, 0.05) is 72.1 Å². The predicted molar refractivity (Wildman–Crippen MR) is 323 cm³/mol. The molecule has 0 radical (unpaired) electrons. The van der Waals surface area contributed by atoms with Gasteiger partial charge in [-0.1, -0.05) is 211 Å². The second kappa shape index (κ2) is 22.1. The van der Waals surface area contributed by atoms with Crippen LogP contribution < -0.4 is 4.90 Å². The molecule has 14 rings (SSSR count). The first kappa shape index (κ1) is 48.4. The summed E-state index contributed by atoms with van der Waals surface area (Å²) in [5.41, 5.74) is 17.6. The lowest BCUT2D eigenvalue weighted by atomic mass is 9.89. The molecule has 1 atom stereocenters. The summed E-state index contributed by atoms with van der Waals surface area (Å²) in [7, 11) is 0. The zero-order valence-corrected chi connectivity index (χ0v) is 43.5. The normalized spacial score (nSPS) is 13.3. The fraction of sp³-hybridized carbons (Fsp3) is 0.0704. The summed E-state index contributed by atoms with van der Waals surface area (Å²) in [4.78, 5) is 5.00. The highest BCUT2D eigenvalue weighted by molar-refractivity contribution is 7.99. The van der Waals surface area contributed by atoms with Crippen molar-refractivity contribution >= 4 is 72.4 Å². The van der Waals surface area contributed by atoms with Crippen LogP contribution in [0.1, 0.15) is 36.0 Å². The Kier molecular flexibility index (Phi) is 14.3. The van der Waals surface area contributed by atoms with Crippen molar-refractivity contribution in [3.63, 3.8) is 0 Å². The summed E-state index contributed by atoms with van der Waals surface area (Å²) in [5.74, 6) is 0.172. The van der Waals surface area contributed by atoms with E-state index in [-0.39, 0.29) is 5.92 Å². The Morgan fingerprint density at radius 3 is 1.40 bits per heavy atom. The maximum Gasteiger partial charge on any atom is 0.0541 e. The average molecular weight is 986 g/mol. The van der Waals surface area contributed by atoms with E-state index < -0.39 is 0 Å². The quantitative estimate of drug-likeness (QED) is 0.154. The molecule has 10 aromatic carbocycles. The van der Waals surface area contributed by atoms with Crippen molar-refractivity contribution in [1.82, 2.24) is 9.13 Å². The summed E-state index contributed by atoms with van der Waals surface area (Å²) in [6, 6.07) is 91.5. The number of hydrogen-bond acceptors (Lipinski definition) is 2. The zero-order valence-electron chi connectivity index (χ0n) is 42.7. The minimum Gasteiger partial charge on any atom is -0.313 e. The van der Waals surface area contributed by atoms with Crippen molar-refractivity contribution < 1.29 is 0 Å². The van der Waals surface area contributed by atoms with Crippen LogP contribution in [0.5, 0.6) is 0 Å². The van der Waals surface area contributed by atoms with Crippen LogP contribution in [0.2, 0.25) is 0 Å². The number of aromatic nitrogens is 2. The number of fused-ring (bicyclic) bond motifs is 9. The van der Waals surface area contributed by atoms with Gasteiger partial charge in [-0.05, 0) is 122 Å². The lowest BCUT2D eigenvalue weighted by molar-refractivity contribution is 0.806. The molecule has 4 heteroatoms. The number of aryl methyl sites for hydroxylation is 2. The molecule has 2 aliphatic rings. The van der Waals surface area contributed by atoms with E-state index in [2.05, 4.69) is 265 Å². The monoisotopic (exact) mass is 985 g/mol. The summed E-state index contributed by atoms with van der Waals surface area (Å²) < 4.78 is 4.94. The highest BCUT2D eigenvalue weighted by Gasteiger charge is 2.37. The topological polar surface area (TPSA) is 13.1 Å². The van der Waals surface area contributed by atoms with Crippen molar-refractivity contribution in [2.45, 2.75) is 42.9 Å². The van der Waals surface area contributed by atoms with E-state index in [0.717, 1.165) is 6.42 Å². The first-order valence-electron chi connectivity index (χ1n) is 25.8. The van der Waals surface area contributed by atoms with E-state index in [1.54, 1.807) is 6.08 Å². The molecule has 0 bridgehead atoms. The number of allylic oxidation sites excluding steroid dienone is 5. The Hall–Kier alpha value is -8.83. The van der Waals surface area contributed by atoms with Crippen molar-refractivity contribution in [2.75, 3.05) is 4.90 Å². The standard InChI is InChI=1S/C54H37N3S.2C7H8.C3H6/c1-2-14-40(15-3-1)58-54-25-13-8-16-41(54)36-26-28-37(29-27-36)55-52-32-30-38(56-48-21-9-4-17-42(48)43-18-5-10-22-49(43)56)34-46(52)47-35-39(31-33-53(47)55)57-50-23-11-6-19-44(50)45-20-7-12-24-51(45)57;2*1-7-5-3-2-4-6-7;1-3-2/h1-34,47H,35H2;2*2-6H,1H3;3H,1H2,2H3. The molecule has 1 aliphatic carbocycles. The van der Waals surface area contributed by atoms with Gasteiger partial charge in [-0.15, -0.1) is 6.58 Å². The van der Waals surface area contributed by atoms with Crippen LogP contribution in [-0.4, -0.2) is 9.13 Å². The summed E-state index contributed by atoms with van der Waals surface area (Å²) in [5, 5.41) is 5.14. The van der Waals surface area contributed by atoms with Crippen LogP contribution >= 0.6 is 11.8 Å². The summed E-state index contributed by atoms with van der Waals surface area (Å²) >= 11 is 1.82. The molecular formula is C71H59N3S. The molecule has 0 saturated heterocycles. The molecular weight excluding hydrogens is 927 g/mol. The van der Waals surface area contributed by atoms with E-state index >= 15 is 0 Å². The van der Waals surface area contributed by atoms with Crippen LogP contribution in [0.4, 0.5) is 11.4 Å². The number of hydrogen-bond donors (Lipinski definition) is 0. The molecule has 2 aromatic heterocycles. The first-order chi connectivity index (χ1) is 37.0. The Morgan fingerprint density at radius 1 is 0.453 bits per heavy atom. The van der Waals surface area contributed by atoms with Crippen LogP contribution in [0.25, 0.3) is 66.1 Å². The van der Waals surface area contributed by atoms with Crippen LogP contribution in [-0.2, 0) is 0 Å². The SMILES string of the molecule is C1=C2C(CC(n3c4ccccc4c4ccccc43)=C1)c1cc(-n3c4ccccc4c4ccccc43)ccc1N2c1ccc(-c2ccccc2Sc2ccccc2)cc1.C=CC.Cc1ccccc1.Cc1ccccc1.